The van der Waals surface area contributed by atoms with Gasteiger partial charge in [-0.05, 0) is 56.3 Å². The van der Waals surface area contributed by atoms with Gasteiger partial charge in [-0.15, -0.1) is 5.10 Å². The number of ether oxygens (including phenoxy) is 1. The number of hydrogen-bond donors (Lipinski definition) is 6. The Morgan fingerprint density at radius 2 is 1.54 bits per heavy atom. The predicted molar refractivity (Wildman–Crippen MR) is 189 cm³/mol. The van der Waals surface area contributed by atoms with Crippen LogP contribution in [0.4, 0.5) is 36.4 Å². The third-order valence-electron chi connectivity index (χ3n) is 7.30. The second-order valence-corrected chi connectivity index (χ2v) is 11.9. The van der Waals surface area contributed by atoms with Gasteiger partial charge in [0.1, 0.15) is 18.3 Å². The minimum absolute atomic E-state index is 0.0554. The molecule has 304 valence electrons. The van der Waals surface area contributed by atoms with E-state index in [0.717, 1.165) is 11.1 Å². The zero-order valence-electron chi connectivity index (χ0n) is 30.2. The highest BCUT2D eigenvalue weighted by atomic mass is 19.4. The molecule has 1 atom stereocenters. The Balaban J connectivity index is 0.000000657. The van der Waals surface area contributed by atoms with Crippen LogP contribution in [-0.4, -0.2) is 93.2 Å². The molecular weight excluding hydrogens is 763 g/mol. The van der Waals surface area contributed by atoms with Gasteiger partial charge in [0.15, 0.2) is 11.6 Å². The van der Waals surface area contributed by atoms with Gasteiger partial charge < -0.3 is 30.9 Å². The van der Waals surface area contributed by atoms with Crippen molar-refractivity contribution in [3.05, 3.63) is 105 Å². The molecule has 3 aromatic carbocycles. The Morgan fingerprint density at radius 1 is 0.982 bits per heavy atom. The van der Waals surface area contributed by atoms with Gasteiger partial charge in [0.05, 0.1) is 17.3 Å². The summed E-state index contributed by atoms with van der Waals surface area (Å²) in [5, 5.41) is 29.3. The summed E-state index contributed by atoms with van der Waals surface area (Å²) in [6, 6.07) is 17.4. The predicted octanol–water partition coefficient (Wildman–Crippen LogP) is 5.09. The highest BCUT2D eigenvalue weighted by Gasteiger charge is 2.39. The van der Waals surface area contributed by atoms with Crippen molar-refractivity contribution in [1.29, 1.82) is 5.41 Å². The number of carboxylic acid groups (broad SMARTS) is 2. The van der Waals surface area contributed by atoms with E-state index in [2.05, 4.69) is 15.4 Å². The summed E-state index contributed by atoms with van der Waals surface area (Å²) in [4.78, 5) is 47.6. The molecule has 0 aliphatic heterocycles. The Hall–Kier alpha value is -6.25. The topological polar surface area (TPSA) is 217 Å². The Labute approximate surface area is 314 Å². The van der Waals surface area contributed by atoms with E-state index in [1.165, 1.54) is 11.6 Å². The van der Waals surface area contributed by atoms with Gasteiger partial charge in [0, 0.05) is 24.6 Å². The van der Waals surface area contributed by atoms with E-state index in [0.29, 0.717) is 48.5 Å². The van der Waals surface area contributed by atoms with Crippen LogP contribution < -0.4 is 21.5 Å². The van der Waals surface area contributed by atoms with E-state index >= 15 is 4.39 Å². The number of aryl methyl sites for hydroxylation is 1. The lowest BCUT2D eigenvalue weighted by Crippen LogP contribution is -2.21. The highest BCUT2D eigenvalue weighted by molar-refractivity contribution is 5.94. The third kappa shape index (κ3) is 13.9. The molecule has 1 aromatic heterocycles. The number of rotatable bonds is 12. The second-order valence-electron chi connectivity index (χ2n) is 11.9. The number of amidine groups is 1. The van der Waals surface area contributed by atoms with Crippen molar-refractivity contribution in [2.45, 2.75) is 45.0 Å². The molecule has 1 amide bonds. The maximum Gasteiger partial charge on any atom is 0.490 e. The number of aromatic nitrogens is 3. The van der Waals surface area contributed by atoms with E-state index in [1.807, 2.05) is 38.1 Å². The van der Waals surface area contributed by atoms with Gasteiger partial charge in [0.2, 0.25) is 5.91 Å². The number of hydrogen-bond acceptors (Lipinski definition) is 8. The molecule has 4 aromatic rings. The first-order chi connectivity index (χ1) is 26.0. The number of halogens is 7. The molecule has 0 aliphatic carbocycles. The van der Waals surface area contributed by atoms with Gasteiger partial charge >= 0.3 is 30.0 Å². The van der Waals surface area contributed by atoms with E-state index in [1.54, 1.807) is 48.5 Å². The lowest BCUT2D eigenvalue weighted by Gasteiger charge is -2.20. The van der Waals surface area contributed by atoms with Crippen LogP contribution in [0.25, 0.3) is 5.69 Å². The van der Waals surface area contributed by atoms with Crippen LogP contribution in [-0.2, 0) is 27.2 Å². The van der Waals surface area contributed by atoms with E-state index < -0.39 is 41.7 Å². The monoisotopic (exact) mass is 801 g/mol. The summed E-state index contributed by atoms with van der Waals surface area (Å²) in [5.74, 6) is -6.69. The van der Waals surface area contributed by atoms with Crippen molar-refractivity contribution < 1.29 is 60.1 Å². The number of amides is 1. The van der Waals surface area contributed by atoms with Crippen molar-refractivity contribution >= 4 is 29.4 Å². The number of alkyl halides is 6. The average molecular weight is 802 g/mol. The smallest absolute Gasteiger partial charge is 0.489 e. The Kier molecular flexibility index (Phi) is 16.3. The van der Waals surface area contributed by atoms with Crippen molar-refractivity contribution in [2.75, 3.05) is 32.6 Å². The first-order valence-electron chi connectivity index (χ1n) is 16.2. The number of anilines is 1. The fourth-order valence-electron chi connectivity index (χ4n) is 4.60. The van der Waals surface area contributed by atoms with Gasteiger partial charge in [-0.1, -0.05) is 49.4 Å². The minimum Gasteiger partial charge on any atom is -0.489 e. The number of nitrogens with two attached hydrogens (primary N) is 1. The summed E-state index contributed by atoms with van der Waals surface area (Å²) in [6.45, 7) is 4.28. The standard InChI is InChI=1S/C31H36FN7O3.2C2HF3O2/c1-5-20-16-23(28(32)27(18-20)42-15-14-38(3)4)24(17-21-10-12-22(13-11-21)29(33)34)30-36-31(41)39(37-30)26-9-7-6-8-25(26)35-19(2)40;2*3-2(4,5)1(6)7/h6-13,16,18,24H,5,14-15,17H2,1-4H3,(H3,33,34)(H,35,40)(H,36,37,41);2*(H,6,7). The number of H-pyrrole nitrogens is 1. The number of benzene rings is 3. The number of nitrogens with zero attached hydrogens (tertiary/aromatic N) is 3. The van der Waals surface area contributed by atoms with Crippen LogP contribution in [0.1, 0.15) is 47.8 Å². The molecule has 14 nitrogen and oxygen atoms in total. The van der Waals surface area contributed by atoms with Crippen molar-refractivity contribution in [3.8, 4) is 11.4 Å². The van der Waals surface area contributed by atoms with Crippen LogP contribution in [0.15, 0.2) is 65.5 Å². The van der Waals surface area contributed by atoms with Crippen LogP contribution in [0, 0.1) is 11.2 Å². The number of nitrogens with one attached hydrogen (secondary N) is 3. The number of aromatic amines is 1. The molecule has 4 rings (SSSR count). The van der Waals surface area contributed by atoms with Gasteiger partial charge in [0.25, 0.3) is 0 Å². The number of likely N-dealkylation sites (N-methyl/N-ethyl adjacent to an activating group) is 1. The van der Waals surface area contributed by atoms with Crippen molar-refractivity contribution in [1.82, 2.24) is 19.7 Å². The average Bonchev–Trinajstić information content (AvgIpc) is 3.48. The number of aliphatic carboxylic acids is 2. The lowest BCUT2D eigenvalue weighted by molar-refractivity contribution is -0.193. The number of nitrogen functional groups attached to an aromatic ring is 1. The summed E-state index contributed by atoms with van der Waals surface area (Å²) >= 11 is 0. The first-order valence-corrected chi connectivity index (χ1v) is 16.2. The normalized spacial score (nSPS) is 11.7. The maximum absolute atomic E-state index is 16.2. The van der Waals surface area contributed by atoms with E-state index in [4.69, 9.17) is 35.7 Å². The summed E-state index contributed by atoms with van der Waals surface area (Å²) in [6.07, 6.45) is -9.23. The van der Waals surface area contributed by atoms with Gasteiger partial charge in [-0.2, -0.15) is 31.0 Å². The summed E-state index contributed by atoms with van der Waals surface area (Å²) in [7, 11) is 3.83. The Bertz CT molecular complexity index is 2020. The van der Waals surface area contributed by atoms with Crippen molar-refractivity contribution in [3.63, 3.8) is 0 Å². The quantitative estimate of drug-likeness (QED) is 0.0634. The first kappa shape index (κ1) is 45.9. The largest absolute Gasteiger partial charge is 0.490 e. The van der Waals surface area contributed by atoms with Gasteiger partial charge in [-0.25, -0.2) is 18.8 Å². The third-order valence-corrected chi connectivity index (χ3v) is 7.30. The fourth-order valence-corrected chi connectivity index (χ4v) is 4.60. The van der Waals surface area contributed by atoms with Crippen LogP contribution >= 0.6 is 0 Å². The minimum atomic E-state index is -5.08. The summed E-state index contributed by atoms with van der Waals surface area (Å²) in [5.41, 5.74) is 8.49. The number of carbonyl (C=O) groups is 3. The second kappa shape index (κ2) is 19.9. The maximum atomic E-state index is 16.2. The molecule has 21 heteroatoms. The van der Waals surface area contributed by atoms with E-state index in [-0.39, 0.29) is 23.3 Å². The Morgan fingerprint density at radius 3 is 2.02 bits per heavy atom. The molecule has 56 heavy (non-hydrogen) atoms. The molecular formula is C35H38F7N7O7. The lowest BCUT2D eigenvalue weighted by atomic mass is 9.89. The molecule has 0 saturated carbocycles. The molecule has 0 fully saturated rings. The van der Waals surface area contributed by atoms with Crippen LogP contribution in [0.3, 0.4) is 0 Å². The van der Waals surface area contributed by atoms with Gasteiger partial charge in [-0.3, -0.25) is 15.2 Å². The summed E-state index contributed by atoms with van der Waals surface area (Å²) < 4.78 is 86.7. The molecule has 0 radical (unpaired) electrons. The van der Waals surface area contributed by atoms with Crippen molar-refractivity contribution in [2.24, 2.45) is 5.73 Å². The number of carbonyl (C=O) groups excluding carboxylic acids is 1. The molecule has 0 aliphatic rings. The highest BCUT2D eigenvalue weighted by Crippen LogP contribution is 2.34. The molecule has 1 heterocycles. The zero-order valence-corrected chi connectivity index (χ0v) is 30.2. The number of para-hydroxylation sites is 2. The molecule has 7 N–H and O–H groups in total. The molecule has 0 bridgehead atoms. The van der Waals surface area contributed by atoms with E-state index in [9.17, 15) is 35.9 Å². The SMILES string of the molecule is CCc1cc(OCCN(C)C)c(F)c(C(Cc2ccc(C(=N)N)cc2)c2nn(-c3ccccc3NC(C)=O)c(=O)[nH]2)c1.O=C(O)C(F)(F)F.O=C(O)C(F)(F)F. The zero-order chi connectivity index (χ0) is 42.5. The molecule has 1 unspecified atom stereocenters. The molecule has 0 spiro atoms. The number of carboxylic acids is 2. The van der Waals surface area contributed by atoms with Crippen LogP contribution in [0.5, 0.6) is 5.75 Å². The van der Waals surface area contributed by atoms with Crippen LogP contribution in [0.2, 0.25) is 0 Å². The fraction of sp³-hybridized carbons (Fsp3) is 0.314. The molecule has 0 saturated heterocycles.